The highest BCUT2D eigenvalue weighted by Crippen LogP contribution is 2.26. The van der Waals surface area contributed by atoms with Crippen LogP contribution < -0.4 is 4.74 Å². The molecule has 0 unspecified atom stereocenters. The van der Waals surface area contributed by atoms with E-state index in [1.165, 1.54) is 31.0 Å². The van der Waals surface area contributed by atoms with Crippen LogP contribution in [0.5, 0.6) is 5.75 Å². The molecule has 0 saturated heterocycles. The molecule has 0 radical (unpaired) electrons. The molecule has 0 aromatic heterocycles. The molecular weight excluding hydrogens is 261 g/mol. The number of ether oxygens (including phenoxy) is 1. The van der Waals surface area contributed by atoms with Crippen LogP contribution in [-0.4, -0.2) is 7.11 Å². The predicted octanol–water partition coefficient (Wildman–Crippen LogP) is 4.00. The molecule has 0 saturated carbocycles. The molecular formula is C15H12FNOS. The van der Waals surface area contributed by atoms with E-state index < -0.39 is 0 Å². The quantitative estimate of drug-likeness (QED) is 0.789. The lowest BCUT2D eigenvalue weighted by atomic mass is 10.1. The summed E-state index contributed by atoms with van der Waals surface area (Å²) in [5.74, 6) is 1.02. The fourth-order valence-electron chi connectivity index (χ4n) is 1.66. The minimum Gasteiger partial charge on any atom is -0.495 e. The zero-order valence-corrected chi connectivity index (χ0v) is 11.2. The summed E-state index contributed by atoms with van der Waals surface area (Å²) in [5.41, 5.74) is 1.52. The van der Waals surface area contributed by atoms with E-state index >= 15 is 0 Å². The summed E-state index contributed by atoms with van der Waals surface area (Å²) in [5, 5.41) is 9.01. The maximum Gasteiger partial charge on any atom is 0.136 e. The maximum absolute atomic E-state index is 13.0. The van der Waals surface area contributed by atoms with Gasteiger partial charge in [0.15, 0.2) is 0 Å². The summed E-state index contributed by atoms with van der Waals surface area (Å²) in [6.07, 6.45) is 0. The first kappa shape index (κ1) is 13.4. The zero-order chi connectivity index (χ0) is 13.7. The Morgan fingerprint density at radius 2 is 2.11 bits per heavy atom. The summed E-state index contributed by atoms with van der Waals surface area (Å²) in [4.78, 5) is 0.870. The van der Waals surface area contributed by atoms with Gasteiger partial charge in [0.25, 0.3) is 0 Å². The van der Waals surface area contributed by atoms with E-state index in [1.54, 1.807) is 18.2 Å². The SMILES string of the molecule is COc1ccc(CSc2cccc(F)c2)cc1C#N. The molecule has 0 bridgehead atoms. The van der Waals surface area contributed by atoms with E-state index in [-0.39, 0.29) is 5.82 Å². The molecule has 0 aliphatic carbocycles. The second-order valence-electron chi connectivity index (χ2n) is 3.89. The lowest BCUT2D eigenvalue weighted by Crippen LogP contribution is -1.90. The van der Waals surface area contributed by atoms with Crippen LogP contribution in [0.2, 0.25) is 0 Å². The zero-order valence-electron chi connectivity index (χ0n) is 10.4. The van der Waals surface area contributed by atoms with Crippen molar-refractivity contribution in [2.75, 3.05) is 7.11 Å². The van der Waals surface area contributed by atoms with Crippen molar-refractivity contribution in [1.82, 2.24) is 0 Å². The third-order valence-corrected chi connectivity index (χ3v) is 3.65. The van der Waals surface area contributed by atoms with Crippen molar-refractivity contribution in [3.05, 3.63) is 59.4 Å². The van der Waals surface area contributed by atoms with Gasteiger partial charge in [0.05, 0.1) is 12.7 Å². The molecule has 0 aliphatic heterocycles. The Hall–Kier alpha value is -1.99. The monoisotopic (exact) mass is 273 g/mol. The van der Waals surface area contributed by atoms with Crippen LogP contribution in [-0.2, 0) is 5.75 Å². The molecule has 0 atom stereocenters. The Morgan fingerprint density at radius 3 is 2.79 bits per heavy atom. The Labute approximate surface area is 115 Å². The van der Waals surface area contributed by atoms with Crippen LogP contribution in [0.4, 0.5) is 4.39 Å². The molecule has 0 aliphatic rings. The van der Waals surface area contributed by atoms with Crippen LogP contribution in [0, 0.1) is 17.1 Å². The molecule has 0 heterocycles. The highest BCUT2D eigenvalue weighted by Gasteiger charge is 2.04. The largest absolute Gasteiger partial charge is 0.495 e. The van der Waals surface area contributed by atoms with E-state index in [0.717, 1.165) is 10.5 Å². The van der Waals surface area contributed by atoms with Crippen molar-refractivity contribution in [3.8, 4) is 11.8 Å². The summed E-state index contributed by atoms with van der Waals surface area (Å²) in [6, 6.07) is 14.1. The first-order chi connectivity index (χ1) is 9.22. The number of benzene rings is 2. The van der Waals surface area contributed by atoms with Gasteiger partial charge >= 0.3 is 0 Å². The molecule has 0 N–H and O–H groups in total. The Balaban J connectivity index is 2.10. The van der Waals surface area contributed by atoms with Gasteiger partial charge in [-0.2, -0.15) is 5.26 Å². The van der Waals surface area contributed by atoms with Gasteiger partial charge in [0.2, 0.25) is 0 Å². The fraction of sp³-hybridized carbons (Fsp3) is 0.133. The van der Waals surface area contributed by atoms with Gasteiger partial charge in [-0.05, 0) is 35.9 Å². The van der Waals surface area contributed by atoms with Gasteiger partial charge in [0.1, 0.15) is 17.6 Å². The summed E-state index contributed by atoms with van der Waals surface area (Å²) >= 11 is 1.53. The molecule has 4 heteroatoms. The molecule has 0 fully saturated rings. The van der Waals surface area contributed by atoms with Crippen molar-refractivity contribution in [1.29, 1.82) is 5.26 Å². The van der Waals surface area contributed by atoms with E-state index in [9.17, 15) is 4.39 Å². The molecule has 0 amide bonds. The van der Waals surface area contributed by atoms with Gasteiger partial charge in [-0.1, -0.05) is 12.1 Å². The normalized spacial score (nSPS) is 9.95. The summed E-state index contributed by atoms with van der Waals surface area (Å²) in [6.45, 7) is 0. The molecule has 19 heavy (non-hydrogen) atoms. The number of hydrogen-bond acceptors (Lipinski definition) is 3. The Bertz CT molecular complexity index is 622. The first-order valence-electron chi connectivity index (χ1n) is 5.68. The fourth-order valence-corrected chi connectivity index (χ4v) is 2.54. The third-order valence-electron chi connectivity index (χ3n) is 2.59. The average Bonchev–Trinajstić information content (AvgIpc) is 2.45. The first-order valence-corrected chi connectivity index (χ1v) is 6.67. The van der Waals surface area contributed by atoms with Gasteiger partial charge in [-0.3, -0.25) is 0 Å². The highest BCUT2D eigenvalue weighted by atomic mass is 32.2. The highest BCUT2D eigenvalue weighted by molar-refractivity contribution is 7.98. The Morgan fingerprint density at radius 1 is 1.26 bits per heavy atom. The van der Waals surface area contributed by atoms with E-state index in [0.29, 0.717) is 17.1 Å². The smallest absolute Gasteiger partial charge is 0.136 e. The van der Waals surface area contributed by atoms with Crippen LogP contribution in [0.15, 0.2) is 47.4 Å². The van der Waals surface area contributed by atoms with Gasteiger partial charge in [-0.25, -0.2) is 4.39 Å². The lowest BCUT2D eigenvalue weighted by Gasteiger charge is -2.06. The standard InChI is InChI=1S/C15H12FNOS/c1-18-15-6-5-11(7-12(15)9-17)10-19-14-4-2-3-13(16)8-14/h2-8H,10H2,1H3. The minimum atomic E-state index is -0.238. The molecule has 2 aromatic carbocycles. The van der Waals surface area contributed by atoms with Crippen LogP contribution in [0.3, 0.4) is 0 Å². The number of hydrogen-bond donors (Lipinski definition) is 0. The van der Waals surface area contributed by atoms with Crippen LogP contribution >= 0.6 is 11.8 Å². The van der Waals surface area contributed by atoms with E-state index in [4.69, 9.17) is 10.00 Å². The van der Waals surface area contributed by atoms with Gasteiger partial charge in [0, 0.05) is 10.6 Å². The second-order valence-corrected chi connectivity index (χ2v) is 4.94. The number of nitrogens with zero attached hydrogens (tertiary/aromatic N) is 1. The number of thioether (sulfide) groups is 1. The summed E-state index contributed by atoms with van der Waals surface area (Å²) < 4.78 is 18.1. The molecule has 0 spiro atoms. The van der Waals surface area contributed by atoms with Crippen molar-refractivity contribution in [2.24, 2.45) is 0 Å². The molecule has 2 nitrogen and oxygen atoms in total. The van der Waals surface area contributed by atoms with Crippen molar-refractivity contribution < 1.29 is 9.13 Å². The van der Waals surface area contributed by atoms with Crippen LogP contribution in [0.25, 0.3) is 0 Å². The second kappa shape index (κ2) is 6.26. The third kappa shape index (κ3) is 3.49. The lowest BCUT2D eigenvalue weighted by molar-refractivity contribution is 0.413. The van der Waals surface area contributed by atoms with Crippen molar-refractivity contribution in [2.45, 2.75) is 10.6 Å². The molecule has 2 rings (SSSR count). The maximum atomic E-state index is 13.0. The number of methoxy groups -OCH3 is 1. The van der Waals surface area contributed by atoms with Gasteiger partial charge in [-0.15, -0.1) is 11.8 Å². The summed E-state index contributed by atoms with van der Waals surface area (Å²) in [7, 11) is 1.54. The van der Waals surface area contributed by atoms with Crippen molar-refractivity contribution >= 4 is 11.8 Å². The van der Waals surface area contributed by atoms with E-state index in [2.05, 4.69) is 6.07 Å². The number of nitriles is 1. The molecule has 2 aromatic rings. The van der Waals surface area contributed by atoms with Crippen molar-refractivity contribution in [3.63, 3.8) is 0 Å². The topological polar surface area (TPSA) is 33.0 Å². The number of rotatable bonds is 4. The van der Waals surface area contributed by atoms with Crippen LogP contribution in [0.1, 0.15) is 11.1 Å². The number of halogens is 1. The van der Waals surface area contributed by atoms with Gasteiger partial charge < -0.3 is 4.74 Å². The predicted molar refractivity (Wildman–Crippen MR) is 73.7 cm³/mol. The Kier molecular flexibility index (Phi) is 4.43. The van der Waals surface area contributed by atoms with E-state index in [1.807, 2.05) is 12.1 Å². The molecule has 96 valence electrons. The minimum absolute atomic E-state index is 0.238. The average molecular weight is 273 g/mol.